The molecule has 5 nitrogen and oxygen atoms in total. The van der Waals surface area contributed by atoms with E-state index >= 15 is 0 Å². The van der Waals surface area contributed by atoms with E-state index < -0.39 is 12.0 Å². The molecule has 5 heteroatoms. The Balaban J connectivity index is 2.07. The molecule has 0 aliphatic rings. The first-order valence-electron chi connectivity index (χ1n) is 8.85. The largest absolute Gasteiger partial charge is 0.467 e. The Morgan fingerprint density at radius 3 is 2.33 bits per heavy atom. The number of fused-ring (bicyclic) bond motifs is 1. The third kappa shape index (κ3) is 3.97. The van der Waals surface area contributed by atoms with E-state index in [1.807, 2.05) is 68.4 Å². The monoisotopic (exact) mass is 362 g/mol. The number of rotatable bonds is 5. The van der Waals surface area contributed by atoms with Crippen molar-refractivity contribution < 1.29 is 14.3 Å². The van der Waals surface area contributed by atoms with E-state index in [2.05, 4.69) is 10.3 Å². The smallest absolute Gasteiger partial charge is 0.328 e. The first kappa shape index (κ1) is 18.6. The molecule has 1 amide bonds. The zero-order valence-electron chi connectivity index (χ0n) is 15.6. The molecule has 1 N–H and O–H groups in total. The molecule has 0 spiro atoms. The molecule has 0 radical (unpaired) electrons. The van der Waals surface area contributed by atoms with Crippen molar-refractivity contribution in [1.82, 2.24) is 10.3 Å². The van der Waals surface area contributed by atoms with E-state index in [4.69, 9.17) is 4.74 Å². The van der Waals surface area contributed by atoms with Crippen LogP contribution >= 0.6 is 0 Å². The minimum Gasteiger partial charge on any atom is -0.467 e. The molecule has 0 aliphatic carbocycles. The number of methoxy groups -OCH3 is 1. The zero-order valence-corrected chi connectivity index (χ0v) is 15.6. The Morgan fingerprint density at radius 1 is 1.00 bits per heavy atom. The summed E-state index contributed by atoms with van der Waals surface area (Å²) in [6.07, 6.45) is 0. The van der Waals surface area contributed by atoms with Crippen LogP contribution in [-0.2, 0) is 9.53 Å². The fourth-order valence-corrected chi connectivity index (χ4v) is 2.96. The SMILES string of the molecule is COC(=O)[C@@H](NC(=O)c1cc(-c2ccccc2)nc2ccccc12)C(C)C. The molecule has 0 aliphatic heterocycles. The molecular formula is C22H22N2O3. The summed E-state index contributed by atoms with van der Waals surface area (Å²) in [5, 5.41) is 3.55. The number of hydrogen-bond acceptors (Lipinski definition) is 4. The molecule has 2 aromatic carbocycles. The molecule has 0 saturated carbocycles. The minimum absolute atomic E-state index is 0.0944. The summed E-state index contributed by atoms with van der Waals surface area (Å²) in [4.78, 5) is 29.7. The second-order valence-corrected chi connectivity index (χ2v) is 6.66. The van der Waals surface area contributed by atoms with Gasteiger partial charge in [-0.1, -0.05) is 62.4 Å². The van der Waals surface area contributed by atoms with Gasteiger partial charge in [-0.15, -0.1) is 0 Å². The highest BCUT2D eigenvalue weighted by atomic mass is 16.5. The van der Waals surface area contributed by atoms with Crippen LogP contribution in [0.15, 0.2) is 60.7 Å². The third-order valence-corrected chi connectivity index (χ3v) is 4.44. The van der Waals surface area contributed by atoms with Crippen molar-refractivity contribution in [1.29, 1.82) is 0 Å². The van der Waals surface area contributed by atoms with Crippen LogP contribution in [0.25, 0.3) is 22.2 Å². The number of benzene rings is 2. The van der Waals surface area contributed by atoms with Gasteiger partial charge in [0, 0.05) is 10.9 Å². The van der Waals surface area contributed by atoms with Crippen molar-refractivity contribution in [3.05, 3.63) is 66.2 Å². The second kappa shape index (κ2) is 7.99. The van der Waals surface area contributed by atoms with Crippen molar-refractivity contribution in [3.63, 3.8) is 0 Å². The maximum absolute atomic E-state index is 13.0. The van der Waals surface area contributed by atoms with Gasteiger partial charge in [0.25, 0.3) is 5.91 Å². The zero-order chi connectivity index (χ0) is 19.4. The standard InChI is InChI=1S/C22H22N2O3/c1-14(2)20(22(26)27-3)24-21(25)17-13-19(15-9-5-4-6-10-15)23-18-12-8-7-11-16(17)18/h4-14,20H,1-3H3,(H,24,25)/t20-/m0/s1. The van der Waals surface area contributed by atoms with Crippen LogP contribution in [0.4, 0.5) is 0 Å². The van der Waals surface area contributed by atoms with Crippen molar-refractivity contribution in [2.75, 3.05) is 7.11 Å². The Morgan fingerprint density at radius 2 is 1.67 bits per heavy atom. The van der Waals surface area contributed by atoms with E-state index in [1.165, 1.54) is 7.11 Å². The normalized spacial score (nSPS) is 12.0. The molecular weight excluding hydrogens is 340 g/mol. The fraction of sp³-hybridized carbons (Fsp3) is 0.227. The Labute approximate surface area is 158 Å². The number of pyridine rings is 1. The first-order chi connectivity index (χ1) is 13.0. The predicted molar refractivity (Wildman–Crippen MR) is 105 cm³/mol. The molecule has 3 rings (SSSR count). The highest BCUT2D eigenvalue weighted by Gasteiger charge is 2.26. The number of nitrogens with zero attached hydrogens (tertiary/aromatic N) is 1. The number of ether oxygens (including phenoxy) is 1. The average Bonchev–Trinajstić information content (AvgIpc) is 2.70. The van der Waals surface area contributed by atoms with E-state index in [0.717, 1.165) is 16.5 Å². The van der Waals surface area contributed by atoms with Crippen LogP contribution in [0.2, 0.25) is 0 Å². The number of aromatic nitrogens is 1. The van der Waals surface area contributed by atoms with Gasteiger partial charge in [0.1, 0.15) is 6.04 Å². The van der Waals surface area contributed by atoms with Gasteiger partial charge in [-0.3, -0.25) is 4.79 Å². The Bertz CT molecular complexity index is 968. The summed E-state index contributed by atoms with van der Waals surface area (Å²) in [5.41, 5.74) is 2.83. The summed E-state index contributed by atoms with van der Waals surface area (Å²) in [5.74, 6) is -0.877. The molecule has 1 heterocycles. The van der Waals surface area contributed by atoms with Crippen LogP contribution in [-0.4, -0.2) is 30.0 Å². The van der Waals surface area contributed by atoms with Gasteiger partial charge < -0.3 is 10.1 Å². The quantitative estimate of drug-likeness (QED) is 0.701. The van der Waals surface area contributed by atoms with Crippen LogP contribution in [0.5, 0.6) is 0 Å². The summed E-state index contributed by atoms with van der Waals surface area (Å²) >= 11 is 0. The van der Waals surface area contributed by atoms with E-state index in [1.54, 1.807) is 6.07 Å². The molecule has 27 heavy (non-hydrogen) atoms. The van der Waals surface area contributed by atoms with Gasteiger partial charge >= 0.3 is 5.97 Å². The minimum atomic E-state index is -0.713. The van der Waals surface area contributed by atoms with E-state index in [-0.39, 0.29) is 11.8 Å². The van der Waals surface area contributed by atoms with Gasteiger partial charge in [0.2, 0.25) is 0 Å². The number of para-hydroxylation sites is 1. The Hall–Kier alpha value is -3.21. The lowest BCUT2D eigenvalue weighted by atomic mass is 10.0. The maximum atomic E-state index is 13.0. The van der Waals surface area contributed by atoms with Gasteiger partial charge in [0.15, 0.2) is 0 Å². The first-order valence-corrected chi connectivity index (χ1v) is 8.85. The highest BCUT2D eigenvalue weighted by molar-refractivity contribution is 6.08. The average molecular weight is 362 g/mol. The highest BCUT2D eigenvalue weighted by Crippen LogP contribution is 2.25. The van der Waals surface area contributed by atoms with Crippen molar-refractivity contribution in [2.24, 2.45) is 5.92 Å². The fourth-order valence-electron chi connectivity index (χ4n) is 2.96. The third-order valence-electron chi connectivity index (χ3n) is 4.44. The predicted octanol–water partition coefficient (Wildman–Crippen LogP) is 3.83. The number of nitrogens with one attached hydrogen (secondary N) is 1. The lowest BCUT2D eigenvalue weighted by molar-refractivity contribution is -0.144. The molecule has 3 aromatic rings. The summed E-state index contributed by atoms with van der Waals surface area (Å²) in [6.45, 7) is 3.73. The van der Waals surface area contributed by atoms with Gasteiger partial charge in [0.05, 0.1) is 23.9 Å². The number of carbonyl (C=O) groups is 2. The van der Waals surface area contributed by atoms with E-state index in [9.17, 15) is 9.59 Å². The summed E-state index contributed by atoms with van der Waals surface area (Å²) in [7, 11) is 1.32. The van der Waals surface area contributed by atoms with Crippen LogP contribution in [0.1, 0.15) is 24.2 Å². The summed E-state index contributed by atoms with van der Waals surface area (Å²) < 4.78 is 4.82. The maximum Gasteiger partial charge on any atom is 0.328 e. The molecule has 1 aromatic heterocycles. The molecule has 138 valence electrons. The number of esters is 1. The number of hydrogen-bond donors (Lipinski definition) is 1. The lowest BCUT2D eigenvalue weighted by Crippen LogP contribution is -2.45. The molecule has 0 unspecified atom stereocenters. The van der Waals surface area contributed by atoms with Crippen molar-refractivity contribution >= 4 is 22.8 Å². The topological polar surface area (TPSA) is 68.3 Å². The summed E-state index contributed by atoms with van der Waals surface area (Å²) in [6, 6.07) is 18.2. The number of carbonyl (C=O) groups excluding carboxylic acids is 2. The van der Waals surface area contributed by atoms with Crippen molar-refractivity contribution in [2.45, 2.75) is 19.9 Å². The van der Waals surface area contributed by atoms with Crippen LogP contribution in [0, 0.1) is 5.92 Å². The molecule has 1 atom stereocenters. The van der Waals surface area contributed by atoms with E-state index in [0.29, 0.717) is 11.3 Å². The van der Waals surface area contributed by atoms with Gasteiger partial charge in [-0.2, -0.15) is 0 Å². The van der Waals surface area contributed by atoms with Gasteiger partial charge in [-0.05, 0) is 18.1 Å². The van der Waals surface area contributed by atoms with Gasteiger partial charge in [-0.25, -0.2) is 9.78 Å². The molecule has 0 bridgehead atoms. The molecule has 0 saturated heterocycles. The Kier molecular flexibility index (Phi) is 5.50. The lowest BCUT2D eigenvalue weighted by Gasteiger charge is -2.20. The van der Waals surface area contributed by atoms with Crippen molar-refractivity contribution in [3.8, 4) is 11.3 Å². The van der Waals surface area contributed by atoms with Crippen LogP contribution in [0.3, 0.4) is 0 Å². The molecule has 0 fully saturated rings. The van der Waals surface area contributed by atoms with Crippen LogP contribution < -0.4 is 5.32 Å². The second-order valence-electron chi connectivity index (χ2n) is 6.66. The number of amides is 1.